The van der Waals surface area contributed by atoms with Gasteiger partial charge in [-0.1, -0.05) is 72.8 Å². The third kappa shape index (κ3) is 6.45. The Bertz CT molecular complexity index is 846. The Labute approximate surface area is 180 Å². The van der Waals surface area contributed by atoms with Crippen LogP contribution in [0.1, 0.15) is 23.6 Å². The van der Waals surface area contributed by atoms with Crippen molar-refractivity contribution in [2.24, 2.45) is 5.92 Å². The van der Waals surface area contributed by atoms with Crippen LogP contribution in [-0.2, 0) is 28.9 Å². The van der Waals surface area contributed by atoms with Crippen LogP contribution < -0.4 is 4.74 Å². The van der Waals surface area contributed by atoms with E-state index in [0.29, 0.717) is 6.61 Å². The van der Waals surface area contributed by atoms with Gasteiger partial charge in [-0.05, 0) is 48.6 Å². The molecule has 0 saturated heterocycles. The second-order valence-corrected chi connectivity index (χ2v) is 7.68. The summed E-state index contributed by atoms with van der Waals surface area (Å²) in [6.45, 7) is 2.73. The van der Waals surface area contributed by atoms with Crippen LogP contribution in [0.15, 0.2) is 84.9 Å². The molecule has 30 heavy (non-hydrogen) atoms. The maximum absolute atomic E-state index is 6.34. The van der Waals surface area contributed by atoms with Crippen LogP contribution in [0.3, 0.4) is 0 Å². The zero-order valence-corrected chi connectivity index (χ0v) is 18.2. The van der Waals surface area contributed by atoms with E-state index >= 15 is 0 Å². The van der Waals surface area contributed by atoms with E-state index in [4.69, 9.17) is 14.2 Å². The predicted octanol–water partition coefficient (Wildman–Crippen LogP) is 5.72. The molecule has 0 heterocycles. The summed E-state index contributed by atoms with van der Waals surface area (Å²) >= 11 is 0. The lowest BCUT2D eigenvalue weighted by atomic mass is 9.86. The average molecular weight is 405 g/mol. The van der Waals surface area contributed by atoms with E-state index in [1.54, 1.807) is 7.11 Å². The third-order valence-corrected chi connectivity index (χ3v) is 5.65. The summed E-state index contributed by atoms with van der Waals surface area (Å²) in [4.78, 5) is 0. The minimum absolute atomic E-state index is 0.0426. The van der Waals surface area contributed by atoms with Gasteiger partial charge in [-0.15, -0.1) is 0 Å². The molecule has 0 amide bonds. The number of methoxy groups -OCH3 is 2. The molecule has 0 spiro atoms. The Balaban J connectivity index is 1.72. The van der Waals surface area contributed by atoms with Gasteiger partial charge in [0, 0.05) is 13.0 Å². The van der Waals surface area contributed by atoms with E-state index in [-0.39, 0.29) is 18.1 Å². The fourth-order valence-corrected chi connectivity index (χ4v) is 3.81. The first kappa shape index (κ1) is 22.1. The van der Waals surface area contributed by atoms with Gasteiger partial charge in [-0.3, -0.25) is 0 Å². The topological polar surface area (TPSA) is 27.7 Å². The first-order valence-electron chi connectivity index (χ1n) is 10.5. The minimum atomic E-state index is 0.0426. The van der Waals surface area contributed by atoms with Crippen molar-refractivity contribution in [1.82, 2.24) is 0 Å². The van der Waals surface area contributed by atoms with Gasteiger partial charge in [0.1, 0.15) is 5.75 Å². The minimum Gasteiger partial charge on any atom is -0.497 e. The van der Waals surface area contributed by atoms with Gasteiger partial charge in [0.05, 0.1) is 25.9 Å². The highest BCUT2D eigenvalue weighted by Crippen LogP contribution is 2.25. The summed E-state index contributed by atoms with van der Waals surface area (Å²) in [5.74, 6) is 1.09. The molecule has 0 radical (unpaired) electrons. The molecule has 3 nitrogen and oxygen atoms in total. The molecule has 0 unspecified atom stereocenters. The van der Waals surface area contributed by atoms with Crippen molar-refractivity contribution in [3.63, 3.8) is 0 Å². The quantitative estimate of drug-likeness (QED) is 0.409. The second kappa shape index (κ2) is 11.5. The number of hydrogen-bond acceptors (Lipinski definition) is 3. The Morgan fingerprint density at radius 2 is 1.23 bits per heavy atom. The summed E-state index contributed by atoms with van der Waals surface area (Å²) in [6.07, 6.45) is 1.89. The molecular weight excluding hydrogens is 372 g/mol. The molecule has 0 aliphatic carbocycles. The number of rotatable bonds is 11. The smallest absolute Gasteiger partial charge is 0.118 e. The normalized spacial score (nSPS) is 14.1. The van der Waals surface area contributed by atoms with Crippen molar-refractivity contribution in [2.75, 3.05) is 14.2 Å². The molecular formula is C27H32O3. The molecule has 3 rings (SSSR count). The zero-order chi connectivity index (χ0) is 21.2. The maximum atomic E-state index is 6.34. The van der Waals surface area contributed by atoms with Crippen molar-refractivity contribution < 1.29 is 14.2 Å². The van der Waals surface area contributed by atoms with E-state index in [0.717, 1.165) is 24.2 Å². The van der Waals surface area contributed by atoms with Gasteiger partial charge in [-0.25, -0.2) is 0 Å². The molecule has 0 aromatic heterocycles. The molecule has 3 aromatic rings. The second-order valence-electron chi connectivity index (χ2n) is 7.68. The molecule has 0 N–H and O–H groups in total. The van der Waals surface area contributed by atoms with Crippen molar-refractivity contribution in [3.8, 4) is 5.75 Å². The van der Waals surface area contributed by atoms with Crippen molar-refractivity contribution in [2.45, 2.75) is 38.6 Å². The molecule has 0 aliphatic rings. The zero-order valence-electron chi connectivity index (χ0n) is 18.2. The fraction of sp³-hybridized carbons (Fsp3) is 0.333. The molecule has 3 heteroatoms. The maximum Gasteiger partial charge on any atom is 0.118 e. The van der Waals surface area contributed by atoms with Gasteiger partial charge in [-0.2, -0.15) is 0 Å². The summed E-state index contributed by atoms with van der Waals surface area (Å²) in [5.41, 5.74) is 3.72. The van der Waals surface area contributed by atoms with Gasteiger partial charge < -0.3 is 14.2 Å². The van der Waals surface area contributed by atoms with Crippen molar-refractivity contribution in [3.05, 3.63) is 102 Å². The first-order chi connectivity index (χ1) is 14.7. The van der Waals surface area contributed by atoms with E-state index in [9.17, 15) is 0 Å². The van der Waals surface area contributed by atoms with Crippen LogP contribution in [0, 0.1) is 5.92 Å². The molecule has 158 valence electrons. The summed E-state index contributed by atoms with van der Waals surface area (Å²) in [6, 6.07) is 29.2. The summed E-state index contributed by atoms with van der Waals surface area (Å²) in [5, 5.41) is 0. The summed E-state index contributed by atoms with van der Waals surface area (Å²) in [7, 11) is 3.49. The van der Waals surface area contributed by atoms with Gasteiger partial charge >= 0.3 is 0 Å². The fourth-order valence-electron chi connectivity index (χ4n) is 3.81. The first-order valence-corrected chi connectivity index (χ1v) is 10.5. The van der Waals surface area contributed by atoms with Crippen molar-refractivity contribution in [1.29, 1.82) is 0 Å². The highest BCUT2D eigenvalue weighted by Gasteiger charge is 2.28. The van der Waals surface area contributed by atoms with Gasteiger partial charge in [0.25, 0.3) is 0 Å². The van der Waals surface area contributed by atoms with E-state index in [1.165, 1.54) is 11.1 Å². The van der Waals surface area contributed by atoms with Crippen LogP contribution in [0.4, 0.5) is 0 Å². The number of ether oxygens (including phenoxy) is 3. The summed E-state index contributed by atoms with van der Waals surface area (Å²) < 4.78 is 17.6. The van der Waals surface area contributed by atoms with Gasteiger partial charge in [0.2, 0.25) is 0 Å². The predicted molar refractivity (Wildman–Crippen MR) is 122 cm³/mol. The lowest BCUT2D eigenvalue weighted by Crippen LogP contribution is -2.36. The van der Waals surface area contributed by atoms with Crippen LogP contribution in [0.5, 0.6) is 5.75 Å². The monoisotopic (exact) mass is 404 g/mol. The Morgan fingerprint density at radius 3 is 1.77 bits per heavy atom. The standard InChI is InChI=1S/C27H32O3/c1-21(30-20-24-14-16-25(28-2)17-15-24)26(18-22-10-6-4-7-11-22)27(29-3)19-23-12-8-5-9-13-23/h4-17,21,26-27H,18-20H2,1-3H3/t21-,26-,27+/m0/s1. The van der Waals surface area contributed by atoms with Gasteiger partial charge in [0.15, 0.2) is 0 Å². The average Bonchev–Trinajstić information content (AvgIpc) is 2.81. The lowest BCUT2D eigenvalue weighted by Gasteiger charge is -2.31. The van der Waals surface area contributed by atoms with E-state index in [2.05, 4.69) is 73.7 Å². The molecule has 3 atom stereocenters. The van der Waals surface area contributed by atoms with Crippen LogP contribution in [-0.4, -0.2) is 26.4 Å². The largest absolute Gasteiger partial charge is 0.497 e. The molecule has 0 bridgehead atoms. The highest BCUT2D eigenvalue weighted by molar-refractivity contribution is 5.26. The number of hydrogen-bond donors (Lipinski definition) is 0. The molecule has 0 fully saturated rings. The molecule has 0 aliphatic heterocycles. The lowest BCUT2D eigenvalue weighted by molar-refractivity contribution is -0.0491. The molecule has 3 aromatic carbocycles. The number of benzene rings is 3. The van der Waals surface area contributed by atoms with E-state index in [1.807, 2.05) is 25.3 Å². The molecule has 0 saturated carbocycles. The third-order valence-electron chi connectivity index (χ3n) is 5.65. The van der Waals surface area contributed by atoms with E-state index < -0.39 is 0 Å². The van der Waals surface area contributed by atoms with Crippen LogP contribution in [0.25, 0.3) is 0 Å². The van der Waals surface area contributed by atoms with Crippen LogP contribution in [0.2, 0.25) is 0 Å². The Kier molecular flexibility index (Phi) is 8.49. The Hall–Kier alpha value is -2.62. The SMILES string of the molecule is COc1ccc(CO[C@@H](C)[C@H](Cc2ccccc2)[C@@H](Cc2ccccc2)OC)cc1. The highest BCUT2D eigenvalue weighted by atomic mass is 16.5. The van der Waals surface area contributed by atoms with Crippen molar-refractivity contribution >= 4 is 0 Å². The van der Waals surface area contributed by atoms with Crippen LogP contribution >= 0.6 is 0 Å². The Morgan fingerprint density at radius 1 is 0.667 bits per heavy atom.